The molecule has 0 nitrogen and oxygen atoms in total. The molecule has 76 valence electrons. The first-order valence-electron chi connectivity index (χ1n) is 5.71. The van der Waals surface area contributed by atoms with Crippen LogP contribution in [0.25, 0.3) is 9.40 Å². The highest BCUT2D eigenvalue weighted by molar-refractivity contribution is 7.24. The Hall–Kier alpha value is -0.560. The zero-order valence-corrected chi connectivity index (χ0v) is 9.70. The fourth-order valence-electron chi connectivity index (χ4n) is 1.96. The van der Waals surface area contributed by atoms with Crippen LogP contribution in [0.3, 0.4) is 0 Å². The van der Waals surface area contributed by atoms with Crippen LogP contribution in [0.4, 0.5) is 0 Å². The van der Waals surface area contributed by atoms with Crippen molar-refractivity contribution in [2.45, 2.75) is 45.4 Å². The highest BCUT2D eigenvalue weighted by atomic mass is 32.1. The summed E-state index contributed by atoms with van der Waals surface area (Å²) in [5.74, 6) is 0. The van der Waals surface area contributed by atoms with E-state index in [1.165, 1.54) is 47.9 Å². The first kappa shape index (κ1) is 9.97. The van der Waals surface area contributed by atoms with E-state index >= 15 is 0 Å². The van der Waals surface area contributed by atoms with Crippen molar-refractivity contribution < 1.29 is 0 Å². The van der Waals surface area contributed by atoms with Crippen LogP contribution in [0.15, 0.2) is 18.2 Å². The van der Waals surface area contributed by atoms with Crippen LogP contribution in [0.2, 0.25) is 0 Å². The Morgan fingerprint density at radius 1 is 1.07 bits per heavy atom. The van der Waals surface area contributed by atoms with Gasteiger partial charge in [0.2, 0.25) is 0 Å². The maximum absolute atomic E-state index is 2.36. The summed E-state index contributed by atoms with van der Waals surface area (Å²) in [6, 6.07) is 6.85. The molecule has 2 rings (SSSR count). The molecule has 0 saturated heterocycles. The van der Waals surface area contributed by atoms with Gasteiger partial charge in [-0.1, -0.05) is 32.6 Å². The molecule has 2 bridgehead atoms. The van der Waals surface area contributed by atoms with Gasteiger partial charge >= 0.3 is 0 Å². The number of unbranched alkanes of at least 4 members (excludes halogenated alkanes) is 4. The number of rotatable bonds is 6. The summed E-state index contributed by atoms with van der Waals surface area (Å²) in [4.78, 5) is 0. The maximum atomic E-state index is 2.36. The number of hydrogen-bond acceptors (Lipinski definition) is 1. The molecular weight excluding hydrogens is 188 g/mol. The molecule has 0 unspecified atom stereocenters. The van der Waals surface area contributed by atoms with Gasteiger partial charge in [0.15, 0.2) is 0 Å². The predicted molar refractivity (Wildman–Crippen MR) is 65.5 cm³/mol. The molecule has 0 radical (unpaired) electrons. The van der Waals surface area contributed by atoms with Gasteiger partial charge in [-0.05, 0) is 36.6 Å². The quantitative estimate of drug-likeness (QED) is 0.592. The molecule has 2 aromatic heterocycles. The summed E-state index contributed by atoms with van der Waals surface area (Å²) in [5, 5.41) is 0. The number of thiophene rings is 2. The molecular formula is C13H18S. The predicted octanol–water partition coefficient (Wildman–Crippen LogP) is 4.85. The third-order valence-electron chi connectivity index (χ3n) is 2.81. The van der Waals surface area contributed by atoms with Crippen LogP contribution in [-0.4, -0.2) is 0 Å². The van der Waals surface area contributed by atoms with E-state index in [1.54, 1.807) is 5.56 Å². The van der Waals surface area contributed by atoms with Gasteiger partial charge in [-0.25, -0.2) is 0 Å². The SMILES string of the molecule is CCCCCCCc1cc2ccc1s2. The van der Waals surface area contributed by atoms with Crippen LogP contribution < -0.4 is 0 Å². The average Bonchev–Trinajstić information content (AvgIpc) is 2.79. The molecule has 0 saturated carbocycles. The standard InChI is InChI=1S/C13H18S/c1-2-3-4-5-6-7-11-10-12-8-9-13(11)14-12/h8-10H,2-7H2,1H3. The Balaban J connectivity index is 1.73. The minimum Gasteiger partial charge on any atom is -0.136 e. The summed E-state index contributed by atoms with van der Waals surface area (Å²) in [7, 11) is 0. The van der Waals surface area contributed by atoms with Crippen molar-refractivity contribution in [3.05, 3.63) is 23.8 Å². The second kappa shape index (κ2) is 4.79. The monoisotopic (exact) mass is 206 g/mol. The summed E-state index contributed by atoms with van der Waals surface area (Å²) < 4.78 is 2.96. The minimum absolute atomic E-state index is 1.29. The molecule has 0 aromatic carbocycles. The normalized spacial score (nSPS) is 11.5. The van der Waals surface area contributed by atoms with Crippen molar-refractivity contribution in [2.75, 3.05) is 0 Å². The Kier molecular flexibility index (Phi) is 3.41. The van der Waals surface area contributed by atoms with E-state index in [1.807, 2.05) is 11.3 Å². The third kappa shape index (κ3) is 2.27. The van der Waals surface area contributed by atoms with Crippen molar-refractivity contribution in [3.8, 4) is 0 Å². The van der Waals surface area contributed by atoms with Crippen molar-refractivity contribution in [3.63, 3.8) is 0 Å². The van der Waals surface area contributed by atoms with Gasteiger partial charge in [-0.2, -0.15) is 0 Å². The third-order valence-corrected chi connectivity index (χ3v) is 3.92. The highest BCUT2D eigenvalue weighted by Gasteiger charge is 2.03. The molecule has 0 aliphatic heterocycles. The summed E-state index contributed by atoms with van der Waals surface area (Å²) >= 11 is 1.94. The van der Waals surface area contributed by atoms with Gasteiger partial charge in [0.25, 0.3) is 0 Å². The van der Waals surface area contributed by atoms with E-state index < -0.39 is 0 Å². The summed E-state index contributed by atoms with van der Waals surface area (Å²) in [5.41, 5.74) is 1.59. The van der Waals surface area contributed by atoms with Gasteiger partial charge < -0.3 is 0 Å². The molecule has 2 heterocycles. The van der Waals surface area contributed by atoms with Crippen molar-refractivity contribution in [1.29, 1.82) is 0 Å². The van der Waals surface area contributed by atoms with E-state index in [-0.39, 0.29) is 0 Å². The van der Waals surface area contributed by atoms with Crippen LogP contribution in [0, 0.1) is 0 Å². The Labute approximate surface area is 90.3 Å². The van der Waals surface area contributed by atoms with E-state index in [4.69, 9.17) is 0 Å². The number of hydrogen-bond donors (Lipinski definition) is 0. The smallest absolute Gasteiger partial charge is 0.0309 e. The minimum atomic E-state index is 1.29. The van der Waals surface area contributed by atoms with Gasteiger partial charge in [-0.3, -0.25) is 0 Å². The van der Waals surface area contributed by atoms with Gasteiger partial charge in [0, 0.05) is 9.40 Å². The molecule has 0 atom stereocenters. The molecule has 0 aliphatic carbocycles. The van der Waals surface area contributed by atoms with Gasteiger partial charge in [-0.15, -0.1) is 11.3 Å². The van der Waals surface area contributed by atoms with E-state index in [0.717, 1.165) is 0 Å². The largest absolute Gasteiger partial charge is 0.136 e. The van der Waals surface area contributed by atoms with Crippen molar-refractivity contribution >= 4 is 20.7 Å². The molecule has 1 heteroatoms. The Morgan fingerprint density at radius 3 is 2.57 bits per heavy atom. The summed E-state index contributed by atoms with van der Waals surface area (Å²) in [6.45, 7) is 2.27. The maximum Gasteiger partial charge on any atom is 0.0309 e. The van der Waals surface area contributed by atoms with Gasteiger partial charge in [0.1, 0.15) is 0 Å². The van der Waals surface area contributed by atoms with Crippen LogP contribution in [-0.2, 0) is 6.42 Å². The Morgan fingerprint density at radius 2 is 1.93 bits per heavy atom. The Bertz CT molecular complexity index is 361. The number of benzene rings is 1. The van der Waals surface area contributed by atoms with E-state index in [0.29, 0.717) is 0 Å². The average molecular weight is 206 g/mol. The van der Waals surface area contributed by atoms with Gasteiger partial charge in [0.05, 0.1) is 0 Å². The van der Waals surface area contributed by atoms with Crippen LogP contribution in [0.1, 0.15) is 44.6 Å². The highest BCUT2D eigenvalue weighted by Crippen LogP contribution is 2.29. The molecule has 14 heavy (non-hydrogen) atoms. The topological polar surface area (TPSA) is 0 Å². The molecule has 2 aromatic rings. The lowest BCUT2D eigenvalue weighted by Gasteiger charge is -1.99. The molecule has 0 aliphatic rings. The van der Waals surface area contributed by atoms with E-state index in [2.05, 4.69) is 25.1 Å². The van der Waals surface area contributed by atoms with Crippen molar-refractivity contribution in [2.24, 2.45) is 0 Å². The zero-order valence-electron chi connectivity index (χ0n) is 8.88. The first-order valence-corrected chi connectivity index (χ1v) is 6.52. The van der Waals surface area contributed by atoms with Crippen molar-refractivity contribution in [1.82, 2.24) is 0 Å². The number of aryl methyl sites for hydroxylation is 1. The molecule has 0 fully saturated rings. The van der Waals surface area contributed by atoms with E-state index in [9.17, 15) is 0 Å². The lowest BCUT2D eigenvalue weighted by Crippen LogP contribution is -1.84. The molecule has 0 spiro atoms. The fraction of sp³-hybridized carbons (Fsp3) is 0.538. The second-order valence-electron chi connectivity index (χ2n) is 4.04. The second-order valence-corrected chi connectivity index (χ2v) is 5.15. The lowest BCUT2D eigenvalue weighted by atomic mass is 10.1. The first-order chi connectivity index (χ1) is 6.90. The van der Waals surface area contributed by atoms with Crippen LogP contribution >= 0.6 is 11.3 Å². The summed E-state index contributed by atoms with van der Waals surface area (Å²) in [6.07, 6.45) is 8.23. The fourth-order valence-corrected chi connectivity index (χ4v) is 2.98. The van der Waals surface area contributed by atoms with Crippen LogP contribution in [0.5, 0.6) is 0 Å². The number of fused-ring (bicyclic) bond motifs is 2. The molecule has 0 N–H and O–H groups in total. The zero-order chi connectivity index (χ0) is 9.80. The lowest BCUT2D eigenvalue weighted by molar-refractivity contribution is 0.633. The molecule has 0 amide bonds.